The van der Waals surface area contributed by atoms with Gasteiger partial charge in [0.25, 0.3) is 0 Å². The van der Waals surface area contributed by atoms with Gasteiger partial charge in [-0.3, -0.25) is 9.78 Å². The molecule has 0 aliphatic heterocycles. The lowest BCUT2D eigenvalue weighted by atomic mass is 10.3. The zero-order valence-electron chi connectivity index (χ0n) is 7.49. The highest BCUT2D eigenvalue weighted by molar-refractivity contribution is 9.10. The summed E-state index contributed by atoms with van der Waals surface area (Å²) in [5.41, 5.74) is 2.30. The first-order valence-corrected chi connectivity index (χ1v) is 4.63. The van der Waals surface area contributed by atoms with Crippen molar-refractivity contribution in [2.75, 3.05) is 7.11 Å². The second-order valence-electron chi connectivity index (χ2n) is 2.42. The summed E-state index contributed by atoms with van der Waals surface area (Å²) in [6, 6.07) is 1.76. The first-order valence-electron chi connectivity index (χ1n) is 3.84. The monoisotopic (exact) mass is 256 g/mol. The lowest BCUT2D eigenvalue weighted by molar-refractivity contribution is 0.112. The standard InChI is InChI=1S/C8H5BrN2O.CH4O/c9-6-3-10-7-1-5(4-12)2-11-8(6)7;1-2/h1-4,10H;2H,1H3. The third-order valence-corrected chi connectivity index (χ3v) is 2.23. The minimum Gasteiger partial charge on any atom is -0.400 e. The van der Waals surface area contributed by atoms with Gasteiger partial charge >= 0.3 is 0 Å². The molecule has 74 valence electrons. The Balaban J connectivity index is 0.000000461. The molecule has 2 aromatic rings. The molecule has 0 saturated heterocycles. The summed E-state index contributed by atoms with van der Waals surface area (Å²) in [4.78, 5) is 17.5. The Kier molecular flexibility index (Phi) is 3.79. The number of aromatic nitrogens is 2. The number of carbonyl (C=O) groups is 1. The molecule has 2 aromatic heterocycles. The van der Waals surface area contributed by atoms with Crippen molar-refractivity contribution in [3.63, 3.8) is 0 Å². The first kappa shape index (κ1) is 10.9. The SMILES string of the molecule is CO.O=Cc1cnc2c(Br)c[nH]c2c1. The lowest BCUT2D eigenvalue weighted by Gasteiger charge is -1.90. The molecule has 2 rings (SSSR count). The van der Waals surface area contributed by atoms with Crippen LogP contribution in [0.15, 0.2) is 22.9 Å². The highest BCUT2D eigenvalue weighted by Gasteiger charge is 2.01. The Morgan fingerprint density at radius 1 is 1.57 bits per heavy atom. The van der Waals surface area contributed by atoms with Crippen LogP contribution >= 0.6 is 15.9 Å². The fraction of sp³-hybridized carbons (Fsp3) is 0.111. The average molecular weight is 257 g/mol. The van der Waals surface area contributed by atoms with E-state index in [1.807, 2.05) is 0 Å². The molecule has 0 saturated carbocycles. The number of fused-ring (bicyclic) bond motifs is 1. The van der Waals surface area contributed by atoms with E-state index in [4.69, 9.17) is 5.11 Å². The van der Waals surface area contributed by atoms with Gasteiger partial charge in [0, 0.05) is 25.1 Å². The number of aromatic amines is 1. The van der Waals surface area contributed by atoms with Crippen LogP contribution in [0.1, 0.15) is 10.4 Å². The van der Waals surface area contributed by atoms with Crippen LogP contribution in [-0.4, -0.2) is 28.5 Å². The number of nitrogens with zero attached hydrogens (tertiary/aromatic N) is 1. The summed E-state index contributed by atoms with van der Waals surface area (Å²) >= 11 is 3.33. The number of hydrogen-bond donors (Lipinski definition) is 2. The number of nitrogens with one attached hydrogen (secondary N) is 1. The molecule has 0 amide bonds. The van der Waals surface area contributed by atoms with E-state index >= 15 is 0 Å². The molecule has 14 heavy (non-hydrogen) atoms. The quantitative estimate of drug-likeness (QED) is 0.765. The molecule has 4 nitrogen and oxygen atoms in total. The number of aliphatic hydroxyl groups excluding tert-OH is 1. The highest BCUT2D eigenvalue weighted by atomic mass is 79.9. The summed E-state index contributed by atoms with van der Waals surface area (Å²) < 4.78 is 0.912. The maximum Gasteiger partial charge on any atom is 0.151 e. The largest absolute Gasteiger partial charge is 0.400 e. The number of hydrogen-bond acceptors (Lipinski definition) is 3. The Morgan fingerprint density at radius 3 is 2.93 bits per heavy atom. The van der Waals surface area contributed by atoms with Crippen molar-refractivity contribution >= 4 is 33.2 Å². The molecular weight excluding hydrogens is 248 g/mol. The van der Waals surface area contributed by atoms with Crippen LogP contribution in [0.4, 0.5) is 0 Å². The van der Waals surface area contributed by atoms with Gasteiger partial charge in [0.1, 0.15) is 5.52 Å². The third-order valence-electron chi connectivity index (χ3n) is 1.63. The number of pyridine rings is 1. The molecule has 5 heteroatoms. The van der Waals surface area contributed by atoms with E-state index in [1.54, 1.807) is 18.5 Å². The van der Waals surface area contributed by atoms with Crippen LogP contribution in [0.5, 0.6) is 0 Å². The number of rotatable bonds is 1. The minimum atomic E-state index is 0.580. The summed E-state index contributed by atoms with van der Waals surface area (Å²) in [6.45, 7) is 0. The van der Waals surface area contributed by atoms with Crippen molar-refractivity contribution in [1.29, 1.82) is 0 Å². The van der Waals surface area contributed by atoms with Crippen LogP contribution in [0.2, 0.25) is 0 Å². The van der Waals surface area contributed by atoms with Gasteiger partial charge in [-0.1, -0.05) is 0 Å². The van der Waals surface area contributed by atoms with Crippen molar-refractivity contribution in [3.05, 3.63) is 28.5 Å². The molecule has 0 aliphatic carbocycles. The zero-order valence-corrected chi connectivity index (χ0v) is 9.08. The second kappa shape index (κ2) is 4.88. The van der Waals surface area contributed by atoms with Gasteiger partial charge in [-0.25, -0.2) is 0 Å². The van der Waals surface area contributed by atoms with Crippen molar-refractivity contribution in [2.45, 2.75) is 0 Å². The van der Waals surface area contributed by atoms with Crippen molar-refractivity contribution in [3.8, 4) is 0 Å². The normalized spacial score (nSPS) is 9.36. The molecule has 0 radical (unpaired) electrons. The predicted molar refractivity (Wildman–Crippen MR) is 57.3 cm³/mol. The van der Waals surface area contributed by atoms with Gasteiger partial charge in [0.2, 0.25) is 0 Å². The van der Waals surface area contributed by atoms with E-state index in [2.05, 4.69) is 25.9 Å². The fourth-order valence-electron chi connectivity index (χ4n) is 1.06. The molecule has 0 bridgehead atoms. The van der Waals surface area contributed by atoms with Gasteiger partial charge in [-0.05, 0) is 22.0 Å². The number of carbonyl (C=O) groups excluding carboxylic acids is 1. The number of halogens is 1. The predicted octanol–water partition coefficient (Wildman–Crippen LogP) is 1.75. The summed E-state index contributed by atoms with van der Waals surface area (Å²) in [7, 11) is 1.00. The maximum atomic E-state index is 10.4. The van der Waals surface area contributed by atoms with Crippen molar-refractivity contribution in [2.24, 2.45) is 0 Å². The highest BCUT2D eigenvalue weighted by Crippen LogP contribution is 2.20. The molecule has 0 fully saturated rings. The molecule has 0 spiro atoms. The van der Waals surface area contributed by atoms with Crippen LogP contribution in [0.3, 0.4) is 0 Å². The van der Waals surface area contributed by atoms with E-state index in [1.165, 1.54) is 0 Å². The summed E-state index contributed by atoms with van der Waals surface area (Å²) in [5.74, 6) is 0. The Morgan fingerprint density at radius 2 is 2.29 bits per heavy atom. The molecule has 0 aliphatic rings. The molecule has 0 atom stereocenters. The Labute approximate surface area is 89.1 Å². The van der Waals surface area contributed by atoms with Gasteiger partial charge < -0.3 is 10.1 Å². The fourth-order valence-corrected chi connectivity index (χ4v) is 1.49. The number of aldehydes is 1. The number of H-pyrrole nitrogens is 1. The smallest absolute Gasteiger partial charge is 0.151 e. The van der Waals surface area contributed by atoms with Crippen molar-refractivity contribution < 1.29 is 9.90 Å². The van der Waals surface area contributed by atoms with Gasteiger partial charge in [-0.15, -0.1) is 0 Å². The molecule has 0 aromatic carbocycles. The second-order valence-corrected chi connectivity index (χ2v) is 3.27. The number of aliphatic hydroxyl groups is 1. The maximum absolute atomic E-state index is 10.4. The minimum absolute atomic E-state index is 0.580. The third kappa shape index (κ3) is 2.00. The van der Waals surface area contributed by atoms with Gasteiger partial charge in [0.05, 0.1) is 9.99 Å². The molecule has 2 N–H and O–H groups in total. The van der Waals surface area contributed by atoms with Gasteiger partial charge in [-0.2, -0.15) is 0 Å². The Hall–Kier alpha value is -1.20. The summed E-state index contributed by atoms with van der Waals surface area (Å²) in [6.07, 6.45) is 4.13. The summed E-state index contributed by atoms with van der Waals surface area (Å²) in [5, 5.41) is 7.00. The molecule has 0 unspecified atom stereocenters. The zero-order chi connectivity index (χ0) is 10.6. The van der Waals surface area contributed by atoms with Crippen LogP contribution in [0.25, 0.3) is 11.0 Å². The van der Waals surface area contributed by atoms with E-state index in [0.717, 1.165) is 28.9 Å². The van der Waals surface area contributed by atoms with Crippen molar-refractivity contribution in [1.82, 2.24) is 9.97 Å². The first-order chi connectivity index (χ1) is 6.81. The van der Waals surface area contributed by atoms with Crippen LogP contribution in [0, 0.1) is 0 Å². The topological polar surface area (TPSA) is 66.0 Å². The molecular formula is C9H9BrN2O2. The van der Waals surface area contributed by atoms with Gasteiger partial charge in [0.15, 0.2) is 6.29 Å². The molecule has 2 heterocycles. The van der Waals surface area contributed by atoms with Crippen LogP contribution in [-0.2, 0) is 0 Å². The lowest BCUT2D eigenvalue weighted by Crippen LogP contribution is -1.82. The van der Waals surface area contributed by atoms with E-state index in [0.29, 0.717) is 5.56 Å². The van der Waals surface area contributed by atoms with Crippen LogP contribution < -0.4 is 0 Å². The average Bonchev–Trinajstić information content (AvgIpc) is 2.63. The van der Waals surface area contributed by atoms with E-state index < -0.39 is 0 Å². The Bertz CT molecular complexity index is 439. The van der Waals surface area contributed by atoms with E-state index in [9.17, 15) is 4.79 Å². The van der Waals surface area contributed by atoms with E-state index in [-0.39, 0.29) is 0 Å².